The van der Waals surface area contributed by atoms with Gasteiger partial charge in [0.1, 0.15) is 0 Å². The molecule has 1 aliphatic rings. The lowest BCUT2D eigenvalue weighted by Crippen LogP contribution is -2.41. The molecule has 0 unspecified atom stereocenters. The predicted molar refractivity (Wildman–Crippen MR) is 79.8 cm³/mol. The average Bonchev–Trinajstić information content (AvgIpc) is 2.43. The molecule has 0 atom stereocenters. The van der Waals surface area contributed by atoms with Crippen LogP contribution in [-0.4, -0.2) is 24.0 Å². The van der Waals surface area contributed by atoms with Crippen molar-refractivity contribution in [3.05, 3.63) is 28.8 Å². The molecule has 2 rings (SSSR count). The molecule has 2 amide bonds. The van der Waals surface area contributed by atoms with Gasteiger partial charge in [0.05, 0.1) is 10.7 Å². The van der Waals surface area contributed by atoms with E-state index in [9.17, 15) is 4.79 Å². The number of nitrogens with zero attached hydrogens (tertiary/aromatic N) is 1. The molecule has 3 nitrogen and oxygen atoms in total. The minimum atomic E-state index is -0.0666. The van der Waals surface area contributed by atoms with Crippen LogP contribution in [-0.2, 0) is 0 Å². The summed E-state index contributed by atoms with van der Waals surface area (Å²) in [4.78, 5) is 14.1. The van der Waals surface area contributed by atoms with Gasteiger partial charge in [0, 0.05) is 13.1 Å². The Morgan fingerprint density at radius 2 is 2.00 bits per heavy atom. The minimum Gasteiger partial charge on any atom is -0.325 e. The van der Waals surface area contributed by atoms with Crippen molar-refractivity contribution in [1.82, 2.24) is 4.90 Å². The standard InChI is InChI=1S/C15H21ClN2O/c1-11-7-6-10-13(16)14(11)17-15(19)18(2)12-8-4-3-5-9-12/h6-7,10,12H,3-5,8-9H2,1-2H3,(H,17,19). The van der Waals surface area contributed by atoms with Gasteiger partial charge >= 0.3 is 6.03 Å². The van der Waals surface area contributed by atoms with Gasteiger partial charge in [-0.05, 0) is 31.4 Å². The summed E-state index contributed by atoms with van der Waals surface area (Å²) in [6.07, 6.45) is 5.92. The summed E-state index contributed by atoms with van der Waals surface area (Å²) in [5.74, 6) is 0. The molecule has 1 aliphatic carbocycles. The third-order valence-corrected chi connectivity index (χ3v) is 4.21. The second-order valence-corrected chi connectivity index (χ2v) is 5.67. The quantitative estimate of drug-likeness (QED) is 0.853. The lowest BCUT2D eigenvalue weighted by Gasteiger charge is -2.31. The van der Waals surface area contributed by atoms with E-state index in [4.69, 9.17) is 11.6 Å². The number of carbonyl (C=O) groups excluding carboxylic acids is 1. The van der Waals surface area contributed by atoms with Gasteiger partial charge in [-0.15, -0.1) is 0 Å². The van der Waals surface area contributed by atoms with Crippen LogP contribution in [0, 0.1) is 6.92 Å². The van der Waals surface area contributed by atoms with Crippen molar-refractivity contribution >= 4 is 23.3 Å². The molecular formula is C15H21ClN2O. The Hall–Kier alpha value is -1.22. The molecule has 0 radical (unpaired) electrons. The topological polar surface area (TPSA) is 32.3 Å². The van der Waals surface area contributed by atoms with Gasteiger partial charge in [-0.25, -0.2) is 4.79 Å². The lowest BCUT2D eigenvalue weighted by atomic mass is 9.95. The van der Waals surface area contributed by atoms with E-state index >= 15 is 0 Å². The Labute approximate surface area is 119 Å². The Balaban J connectivity index is 2.04. The highest BCUT2D eigenvalue weighted by Crippen LogP contribution is 2.27. The smallest absolute Gasteiger partial charge is 0.321 e. The maximum atomic E-state index is 12.3. The van der Waals surface area contributed by atoms with Crippen molar-refractivity contribution < 1.29 is 4.79 Å². The van der Waals surface area contributed by atoms with Crippen molar-refractivity contribution in [2.24, 2.45) is 0 Å². The number of nitrogens with one attached hydrogen (secondary N) is 1. The van der Waals surface area contributed by atoms with Gasteiger partial charge in [-0.3, -0.25) is 0 Å². The molecule has 1 N–H and O–H groups in total. The van der Waals surface area contributed by atoms with Crippen molar-refractivity contribution in [3.8, 4) is 0 Å². The first-order valence-electron chi connectivity index (χ1n) is 6.88. The number of amides is 2. The molecule has 0 heterocycles. The van der Waals surface area contributed by atoms with E-state index in [0.717, 1.165) is 24.1 Å². The first-order valence-corrected chi connectivity index (χ1v) is 7.26. The van der Waals surface area contributed by atoms with Gasteiger partial charge in [-0.2, -0.15) is 0 Å². The number of anilines is 1. The molecule has 1 saturated carbocycles. The molecule has 19 heavy (non-hydrogen) atoms. The van der Waals surface area contributed by atoms with Crippen LogP contribution < -0.4 is 5.32 Å². The summed E-state index contributed by atoms with van der Waals surface area (Å²) in [5, 5.41) is 3.52. The van der Waals surface area contributed by atoms with Crippen molar-refractivity contribution in [1.29, 1.82) is 0 Å². The number of aryl methyl sites for hydroxylation is 1. The monoisotopic (exact) mass is 280 g/mol. The van der Waals surface area contributed by atoms with Gasteiger partial charge in [0.2, 0.25) is 0 Å². The van der Waals surface area contributed by atoms with E-state index in [1.165, 1.54) is 19.3 Å². The van der Waals surface area contributed by atoms with Crippen LogP contribution in [0.4, 0.5) is 10.5 Å². The Kier molecular flexibility index (Phi) is 4.70. The number of hydrogen-bond acceptors (Lipinski definition) is 1. The zero-order chi connectivity index (χ0) is 13.8. The summed E-state index contributed by atoms with van der Waals surface area (Å²) in [6, 6.07) is 5.92. The number of benzene rings is 1. The van der Waals surface area contributed by atoms with Crippen LogP contribution in [0.1, 0.15) is 37.7 Å². The number of rotatable bonds is 2. The van der Waals surface area contributed by atoms with E-state index < -0.39 is 0 Å². The zero-order valence-corrected chi connectivity index (χ0v) is 12.3. The molecule has 1 fully saturated rings. The van der Waals surface area contributed by atoms with Gasteiger partial charge in [0.15, 0.2) is 0 Å². The third kappa shape index (κ3) is 3.41. The van der Waals surface area contributed by atoms with Crippen LogP contribution in [0.3, 0.4) is 0 Å². The van der Waals surface area contributed by atoms with Crippen LogP contribution in [0.15, 0.2) is 18.2 Å². The minimum absolute atomic E-state index is 0.0666. The van der Waals surface area contributed by atoms with Crippen LogP contribution in [0.25, 0.3) is 0 Å². The number of urea groups is 1. The molecule has 0 spiro atoms. The van der Waals surface area contributed by atoms with E-state index in [1.54, 1.807) is 6.07 Å². The molecule has 4 heteroatoms. The SMILES string of the molecule is Cc1cccc(Cl)c1NC(=O)N(C)C1CCCCC1. The van der Waals surface area contributed by atoms with Crippen LogP contribution in [0.2, 0.25) is 5.02 Å². The molecule has 1 aromatic rings. The molecule has 0 saturated heterocycles. The second-order valence-electron chi connectivity index (χ2n) is 5.26. The molecule has 1 aromatic carbocycles. The number of hydrogen-bond donors (Lipinski definition) is 1. The highest BCUT2D eigenvalue weighted by atomic mass is 35.5. The molecule has 0 bridgehead atoms. The fraction of sp³-hybridized carbons (Fsp3) is 0.533. The van der Waals surface area contributed by atoms with E-state index in [1.807, 2.05) is 31.0 Å². The number of carbonyl (C=O) groups is 1. The van der Waals surface area contributed by atoms with E-state index in [2.05, 4.69) is 5.32 Å². The summed E-state index contributed by atoms with van der Waals surface area (Å²) < 4.78 is 0. The summed E-state index contributed by atoms with van der Waals surface area (Å²) in [5.41, 5.74) is 1.70. The predicted octanol–water partition coefficient (Wildman–Crippen LogP) is 4.44. The number of para-hydroxylation sites is 1. The van der Waals surface area contributed by atoms with Crippen molar-refractivity contribution in [2.45, 2.75) is 45.1 Å². The first-order chi connectivity index (χ1) is 9.09. The van der Waals surface area contributed by atoms with Crippen LogP contribution >= 0.6 is 11.6 Å². The summed E-state index contributed by atoms with van der Waals surface area (Å²) in [7, 11) is 1.87. The highest BCUT2D eigenvalue weighted by Gasteiger charge is 2.22. The summed E-state index contributed by atoms with van der Waals surface area (Å²) >= 11 is 6.13. The van der Waals surface area contributed by atoms with Crippen molar-refractivity contribution in [3.63, 3.8) is 0 Å². The van der Waals surface area contributed by atoms with Gasteiger partial charge in [0.25, 0.3) is 0 Å². The molecule has 0 aliphatic heterocycles. The lowest BCUT2D eigenvalue weighted by molar-refractivity contribution is 0.186. The van der Waals surface area contributed by atoms with E-state index in [0.29, 0.717) is 11.1 Å². The fourth-order valence-corrected chi connectivity index (χ4v) is 2.89. The van der Waals surface area contributed by atoms with Gasteiger partial charge in [-0.1, -0.05) is 43.0 Å². The zero-order valence-electron chi connectivity index (χ0n) is 11.6. The average molecular weight is 281 g/mol. The molecular weight excluding hydrogens is 260 g/mol. The van der Waals surface area contributed by atoms with Gasteiger partial charge < -0.3 is 10.2 Å². The molecule has 0 aromatic heterocycles. The summed E-state index contributed by atoms with van der Waals surface area (Å²) in [6.45, 7) is 1.95. The first kappa shape index (κ1) is 14.2. The number of halogens is 1. The fourth-order valence-electron chi connectivity index (χ4n) is 2.62. The third-order valence-electron chi connectivity index (χ3n) is 3.90. The van der Waals surface area contributed by atoms with E-state index in [-0.39, 0.29) is 6.03 Å². The second kappa shape index (κ2) is 6.29. The molecule has 104 valence electrons. The Morgan fingerprint density at radius 1 is 1.32 bits per heavy atom. The highest BCUT2D eigenvalue weighted by molar-refractivity contribution is 6.33. The Morgan fingerprint density at radius 3 is 2.63 bits per heavy atom. The maximum Gasteiger partial charge on any atom is 0.321 e. The maximum absolute atomic E-state index is 12.3. The normalized spacial score (nSPS) is 16.2. The van der Waals surface area contributed by atoms with Crippen molar-refractivity contribution in [2.75, 3.05) is 12.4 Å². The largest absolute Gasteiger partial charge is 0.325 e. The van der Waals surface area contributed by atoms with Crippen LogP contribution in [0.5, 0.6) is 0 Å². The Bertz CT molecular complexity index is 435.